The van der Waals surface area contributed by atoms with Crippen LogP contribution < -0.4 is 10.9 Å². The number of amides is 1. The van der Waals surface area contributed by atoms with Gasteiger partial charge in [-0.15, -0.1) is 0 Å². The number of aryl methyl sites for hydroxylation is 2. The summed E-state index contributed by atoms with van der Waals surface area (Å²) < 4.78 is 5.66. The van der Waals surface area contributed by atoms with Crippen molar-refractivity contribution in [3.63, 3.8) is 0 Å². The number of carbonyl (C=O) groups excluding carboxylic acids is 1. The summed E-state index contributed by atoms with van der Waals surface area (Å²) in [4.78, 5) is 29.2. The van der Waals surface area contributed by atoms with Crippen LogP contribution in [0.1, 0.15) is 28.5 Å². The van der Waals surface area contributed by atoms with Gasteiger partial charge in [-0.05, 0) is 39.4 Å². The first-order chi connectivity index (χ1) is 9.92. The third kappa shape index (κ3) is 3.51. The SMILES string of the molecule is CCO[C@@H]1CN(C)C[C@H]1NC(=O)c1c(C)cc(C)[nH]c1=O. The number of carbonyl (C=O) groups is 1. The van der Waals surface area contributed by atoms with Crippen molar-refractivity contribution < 1.29 is 9.53 Å². The number of H-pyrrole nitrogens is 1. The largest absolute Gasteiger partial charge is 0.375 e. The first-order valence-corrected chi connectivity index (χ1v) is 7.24. The fourth-order valence-electron chi connectivity index (χ4n) is 2.86. The van der Waals surface area contributed by atoms with Crippen LogP contribution in [-0.2, 0) is 4.74 Å². The molecule has 1 saturated heterocycles. The van der Waals surface area contributed by atoms with E-state index in [2.05, 4.69) is 15.2 Å². The van der Waals surface area contributed by atoms with Crippen molar-refractivity contribution in [2.75, 3.05) is 26.7 Å². The van der Waals surface area contributed by atoms with Gasteiger partial charge in [0, 0.05) is 25.4 Å². The Bertz CT molecular complexity index is 582. The van der Waals surface area contributed by atoms with E-state index in [1.54, 1.807) is 19.9 Å². The molecule has 116 valence electrons. The van der Waals surface area contributed by atoms with E-state index in [9.17, 15) is 9.59 Å². The van der Waals surface area contributed by atoms with Gasteiger partial charge in [0.1, 0.15) is 5.56 Å². The van der Waals surface area contributed by atoms with E-state index in [4.69, 9.17) is 4.74 Å². The minimum atomic E-state index is -0.343. The van der Waals surface area contributed by atoms with Crippen LogP contribution in [0.5, 0.6) is 0 Å². The Balaban J connectivity index is 2.16. The standard InChI is InChI=1S/C15H23N3O3/c1-5-21-12-8-18(4)7-11(12)17-15(20)13-9(2)6-10(3)16-14(13)19/h6,11-12H,5,7-8H2,1-4H3,(H,16,19)(H,17,20)/t11-,12-/m1/s1. The summed E-state index contributed by atoms with van der Waals surface area (Å²) in [6.45, 7) is 7.62. The first-order valence-electron chi connectivity index (χ1n) is 7.24. The quantitative estimate of drug-likeness (QED) is 0.845. The number of aromatic nitrogens is 1. The van der Waals surface area contributed by atoms with Crippen LogP contribution in [0.25, 0.3) is 0 Å². The number of hydrogen-bond acceptors (Lipinski definition) is 4. The van der Waals surface area contributed by atoms with Crippen molar-refractivity contribution >= 4 is 5.91 Å². The van der Waals surface area contributed by atoms with E-state index in [1.807, 2.05) is 14.0 Å². The fourth-order valence-corrected chi connectivity index (χ4v) is 2.86. The lowest BCUT2D eigenvalue weighted by Gasteiger charge is -2.20. The third-order valence-electron chi connectivity index (χ3n) is 3.74. The number of nitrogens with one attached hydrogen (secondary N) is 2. The number of nitrogens with zero attached hydrogens (tertiary/aromatic N) is 1. The molecule has 0 radical (unpaired) electrons. The van der Waals surface area contributed by atoms with Crippen LogP contribution in [0.3, 0.4) is 0 Å². The van der Waals surface area contributed by atoms with Crippen molar-refractivity contribution in [1.29, 1.82) is 0 Å². The highest BCUT2D eigenvalue weighted by Gasteiger charge is 2.33. The second kappa shape index (κ2) is 6.41. The first kappa shape index (κ1) is 15.7. The summed E-state index contributed by atoms with van der Waals surface area (Å²) in [7, 11) is 1.99. The second-order valence-electron chi connectivity index (χ2n) is 5.63. The number of rotatable bonds is 4. The lowest BCUT2D eigenvalue weighted by atomic mass is 10.1. The molecule has 21 heavy (non-hydrogen) atoms. The molecular formula is C15H23N3O3. The maximum Gasteiger partial charge on any atom is 0.261 e. The summed E-state index contributed by atoms with van der Waals surface area (Å²) in [5.74, 6) is -0.334. The van der Waals surface area contributed by atoms with Gasteiger partial charge in [-0.3, -0.25) is 9.59 Å². The average molecular weight is 293 g/mol. The highest BCUT2D eigenvalue weighted by molar-refractivity contribution is 5.95. The lowest BCUT2D eigenvalue weighted by Crippen LogP contribution is -2.45. The monoisotopic (exact) mass is 293 g/mol. The van der Waals surface area contributed by atoms with Gasteiger partial charge in [-0.1, -0.05) is 0 Å². The Labute approximate surface area is 124 Å². The molecular weight excluding hydrogens is 270 g/mol. The van der Waals surface area contributed by atoms with Gasteiger partial charge in [0.2, 0.25) is 0 Å². The Kier molecular flexibility index (Phi) is 4.80. The molecule has 1 amide bonds. The molecule has 0 aliphatic carbocycles. The zero-order chi connectivity index (χ0) is 15.6. The minimum absolute atomic E-state index is 0.0335. The number of hydrogen-bond donors (Lipinski definition) is 2. The summed E-state index contributed by atoms with van der Waals surface area (Å²) in [6, 6.07) is 1.71. The molecule has 0 spiro atoms. The van der Waals surface area contributed by atoms with Crippen LogP contribution in [0, 0.1) is 13.8 Å². The Morgan fingerprint density at radius 2 is 2.19 bits per heavy atom. The summed E-state index contributed by atoms with van der Waals surface area (Å²) in [5, 5.41) is 2.94. The zero-order valence-corrected chi connectivity index (χ0v) is 13.0. The van der Waals surface area contributed by atoms with Crippen LogP contribution in [0.2, 0.25) is 0 Å². The van der Waals surface area contributed by atoms with E-state index in [0.29, 0.717) is 12.2 Å². The summed E-state index contributed by atoms with van der Waals surface area (Å²) >= 11 is 0. The lowest BCUT2D eigenvalue weighted by molar-refractivity contribution is 0.0512. The van der Waals surface area contributed by atoms with Gasteiger partial charge in [0.25, 0.3) is 11.5 Å². The van der Waals surface area contributed by atoms with Gasteiger partial charge in [0.15, 0.2) is 0 Å². The van der Waals surface area contributed by atoms with Crippen LogP contribution in [-0.4, -0.2) is 54.7 Å². The van der Waals surface area contributed by atoms with E-state index in [-0.39, 0.29) is 29.2 Å². The van der Waals surface area contributed by atoms with Crippen molar-refractivity contribution in [1.82, 2.24) is 15.2 Å². The number of likely N-dealkylation sites (N-methyl/N-ethyl adjacent to an activating group) is 1. The molecule has 2 rings (SSSR count). The number of aromatic amines is 1. The Hall–Kier alpha value is -1.66. The normalized spacial score (nSPS) is 22.5. The van der Waals surface area contributed by atoms with E-state index in [1.165, 1.54) is 0 Å². The molecule has 1 aliphatic heterocycles. The number of ether oxygens (including phenoxy) is 1. The highest BCUT2D eigenvalue weighted by atomic mass is 16.5. The van der Waals surface area contributed by atoms with Crippen molar-refractivity contribution in [3.8, 4) is 0 Å². The molecule has 6 nitrogen and oxygen atoms in total. The molecule has 0 unspecified atom stereocenters. The average Bonchev–Trinajstić information content (AvgIpc) is 2.68. The molecule has 0 aromatic carbocycles. The van der Waals surface area contributed by atoms with Gasteiger partial charge in [0.05, 0.1) is 12.1 Å². The van der Waals surface area contributed by atoms with E-state index < -0.39 is 0 Å². The van der Waals surface area contributed by atoms with Crippen molar-refractivity contribution in [2.45, 2.75) is 32.9 Å². The third-order valence-corrected chi connectivity index (χ3v) is 3.74. The molecule has 2 heterocycles. The van der Waals surface area contributed by atoms with Crippen molar-refractivity contribution in [2.24, 2.45) is 0 Å². The smallest absolute Gasteiger partial charge is 0.261 e. The van der Waals surface area contributed by atoms with Gasteiger partial charge in [-0.2, -0.15) is 0 Å². The Morgan fingerprint density at radius 3 is 2.81 bits per heavy atom. The van der Waals surface area contributed by atoms with Crippen LogP contribution >= 0.6 is 0 Å². The second-order valence-corrected chi connectivity index (χ2v) is 5.63. The van der Waals surface area contributed by atoms with Crippen LogP contribution in [0.4, 0.5) is 0 Å². The van der Waals surface area contributed by atoms with Gasteiger partial charge < -0.3 is 19.9 Å². The topological polar surface area (TPSA) is 74.4 Å². The molecule has 1 aromatic rings. The zero-order valence-electron chi connectivity index (χ0n) is 13.0. The van der Waals surface area contributed by atoms with Crippen molar-refractivity contribution in [3.05, 3.63) is 33.2 Å². The number of likely N-dealkylation sites (tertiary alicyclic amines) is 1. The molecule has 6 heteroatoms. The molecule has 0 bridgehead atoms. The predicted molar refractivity (Wildman–Crippen MR) is 80.7 cm³/mol. The van der Waals surface area contributed by atoms with Gasteiger partial charge in [-0.25, -0.2) is 0 Å². The van der Waals surface area contributed by atoms with Crippen LogP contribution in [0.15, 0.2) is 10.9 Å². The minimum Gasteiger partial charge on any atom is -0.375 e. The molecule has 1 fully saturated rings. The van der Waals surface area contributed by atoms with Gasteiger partial charge >= 0.3 is 0 Å². The Morgan fingerprint density at radius 1 is 1.48 bits per heavy atom. The fraction of sp³-hybridized carbons (Fsp3) is 0.600. The number of pyridine rings is 1. The maximum absolute atomic E-state index is 12.4. The maximum atomic E-state index is 12.4. The summed E-state index contributed by atoms with van der Waals surface area (Å²) in [6.07, 6.45) is -0.0335. The molecule has 0 saturated carbocycles. The molecule has 1 aliphatic rings. The molecule has 2 N–H and O–H groups in total. The highest BCUT2D eigenvalue weighted by Crippen LogP contribution is 2.13. The molecule has 1 aromatic heterocycles. The summed E-state index contributed by atoms with van der Waals surface area (Å²) in [5.41, 5.74) is 1.28. The predicted octanol–water partition coefficient (Wildman–Crippen LogP) is 0.441. The molecule has 2 atom stereocenters. The van der Waals surface area contributed by atoms with E-state index in [0.717, 1.165) is 18.8 Å². The van der Waals surface area contributed by atoms with E-state index >= 15 is 0 Å².